The summed E-state index contributed by atoms with van der Waals surface area (Å²) in [6.45, 7) is 4.11. The molecule has 3 nitrogen and oxygen atoms in total. The smallest absolute Gasteiger partial charge is 0.199 e. The molecule has 0 bridgehead atoms. The van der Waals surface area contributed by atoms with Crippen molar-refractivity contribution in [2.75, 3.05) is 0 Å². The summed E-state index contributed by atoms with van der Waals surface area (Å²) in [6.07, 6.45) is 0. The lowest BCUT2D eigenvalue weighted by Crippen LogP contribution is -2.03. The van der Waals surface area contributed by atoms with E-state index in [0.29, 0.717) is 14.8 Å². The molecule has 0 atom stereocenters. The molecule has 0 aliphatic heterocycles. The van der Waals surface area contributed by atoms with Gasteiger partial charge in [-0.3, -0.25) is 9.67 Å². The largest absolute Gasteiger partial charge is 0.272 e. The third-order valence-corrected chi connectivity index (χ3v) is 3.39. The van der Waals surface area contributed by atoms with Gasteiger partial charge in [-0.25, -0.2) is 0 Å². The zero-order chi connectivity index (χ0) is 12.6. The van der Waals surface area contributed by atoms with E-state index in [-0.39, 0.29) is 5.92 Å². The van der Waals surface area contributed by atoms with Gasteiger partial charge >= 0.3 is 0 Å². The summed E-state index contributed by atoms with van der Waals surface area (Å²) in [6, 6.07) is 5.39. The van der Waals surface area contributed by atoms with E-state index in [9.17, 15) is 0 Å². The Kier molecular flexibility index (Phi) is 3.56. The minimum absolute atomic E-state index is 0.261. The number of nitrogens with zero attached hydrogens (tertiary/aromatic N) is 2. The Bertz CT molecular complexity index is 601. The number of nitrogens with one attached hydrogen (secondary N) is 1. The fourth-order valence-electron chi connectivity index (χ4n) is 1.57. The van der Waals surface area contributed by atoms with E-state index in [1.54, 1.807) is 12.1 Å². The van der Waals surface area contributed by atoms with E-state index in [1.807, 2.05) is 10.6 Å². The second kappa shape index (κ2) is 4.80. The van der Waals surface area contributed by atoms with Gasteiger partial charge < -0.3 is 0 Å². The lowest BCUT2D eigenvalue weighted by Gasteiger charge is -2.09. The highest BCUT2D eigenvalue weighted by Gasteiger charge is 2.12. The van der Waals surface area contributed by atoms with Crippen molar-refractivity contribution in [1.82, 2.24) is 14.8 Å². The van der Waals surface area contributed by atoms with Crippen molar-refractivity contribution in [3.8, 4) is 5.69 Å². The van der Waals surface area contributed by atoms with Crippen molar-refractivity contribution in [2.45, 2.75) is 19.8 Å². The van der Waals surface area contributed by atoms with Crippen LogP contribution in [-0.2, 0) is 0 Å². The molecular weight excluding hydrogens is 277 g/mol. The fourth-order valence-corrected chi connectivity index (χ4v) is 2.11. The number of hydrogen-bond acceptors (Lipinski definition) is 2. The number of aromatic nitrogens is 3. The highest BCUT2D eigenvalue weighted by atomic mass is 35.5. The highest BCUT2D eigenvalue weighted by Crippen LogP contribution is 2.26. The summed E-state index contributed by atoms with van der Waals surface area (Å²) in [4.78, 5) is 0. The minimum Gasteiger partial charge on any atom is -0.272 e. The van der Waals surface area contributed by atoms with Gasteiger partial charge in [0.25, 0.3) is 0 Å². The number of halogens is 2. The molecule has 0 saturated heterocycles. The monoisotopic (exact) mass is 287 g/mol. The van der Waals surface area contributed by atoms with Crippen LogP contribution >= 0.6 is 35.4 Å². The second-order valence-corrected chi connectivity index (χ2v) is 5.18. The first kappa shape index (κ1) is 12.6. The maximum absolute atomic E-state index is 6.01. The topological polar surface area (TPSA) is 33.6 Å². The van der Waals surface area contributed by atoms with Crippen molar-refractivity contribution in [3.05, 3.63) is 38.8 Å². The summed E-state index contributed by atoms with van der Waals surface area (Å²) >= 11 is 17.1. The van der Waals surface area contributed by atoms with Crippen LogP contribution in [0.5, 0.6) is 0 Å². The Morgan fingerprint density at radius 3 is 2.59 bits per heavy atom. The van der Waals surface area contributed by atoms with Crippen LogP contribution in [0.15, 0.2) is 18.2 Å². The zero-order valence-corrected chi connectivity index (χ0v) is 11.7. The number of aromatic amines is 1. The number of hydrogen-bond donors (Lipinski definition) is 1. The molecular formula is C11H11Cl2N3S. The van der Waals surface area contributed by atoms with Gasteiger partial charge in [-0.05, 0) is 30.4 Å². The second-order valence-electron chi connectivity index (χ2n) is 3.98. The van der Waals surface area contributed by atoms with Crippen molar-refractivity contribution in [3.63, 3.8) is 0 Å². The van der Waals surface area contributed by atoms with Gasteiger partial charge in [-0.1, -0.05) is 37.0 Å². The van der Waals surface area contributed by atoms with Crippen molar-refractivity contribution < 1.29 is 0 Å². The van der Waals surface area contributed by atoms with Gasteiger partial charge in [0.1, 0.15) is 5.82 Å². The average molecular weight is 288 g/mol. The van der Waals surface area contributed by atoms with E-state index in [2.05, 4.69) is 24.0 Å². The first-order valence-corrected chi connectivity index (χ1v) is 6.30. The highest BCUT2D eigenvalue weighted by molar-refractivity contribution is 7.71. The van der Waals surface area contributed by atoms with Crippen LogP contribution in [0, 0.1) is 4.77 Å². The van der Waals surface area contributed by atoms with E-state index in [1.165, 1.54) is 0 Å². The summed E-state index contributed by atoms with van der Waals surface area (Å²) in [5.41, 5.74) is 0.863. The van der Waals surface area contributed by atoms with Gasteiger partial charge in [0, 0.05) is 5.92 Å². The molecule has 0 saturated carbocycles. The molecule has 1 heterocycles. The normalized spacial score (nSPS) is 11.1. The Morgan fingerprint density at radius 2 is 2.00 bits per heavy atom. The van der Waals surface area contributed by atoms with Crippen LogP contribution in [0.2, 0.25) is 10.0 Å². The lowest BCUT2D eigenvalue weighted by atomic mass is 10.2. The molecule has 0 aliphatic carbocycles. The molecule has 0 unspecified atom stereocenters. The minimum atomic E-state index is 0.261. The molecule has 0 radical (unpaired) electrons. The van der Waals surface area contributed by atoms with Crippen molar-refractivity contribution >= 4 is 35.4 Å². The predicted molar refractivity (Wildman–Crippen MR) is 72.9 cm³/mol. The standard InChI is InChI=1S/C11H11Cl2N3S/c1-6(2)10-14-15-11(17)16(10)7-3-4-8(12)9(13)5-7/h3-6H,1-2H3,(H,15,17). The molecule has 2 aromatic rings. The third-order valence-electron chi connectivity index (χ3n) is 2.38. The Hall–Kier alpha value is -0.840. The number of rotatable bonds is 2. The maximum Gasteiger partial charge on any atom is 0.199 e. The van der Waals surface area contributed by atoms with Crippen LogP contribution in [0.25, 0.3) is 5.69 Å². The quantitative estimate of drug-likeness (QED) is 0.833. The molecule has 0 amide bonds. The molecule has 0 aliphatic rings. The van der Waals surface area contributed by atoms with E-state index < -0.39 is 0 Å². The van der Waals surface area contributed by atoms with Crippen molar-refractivity contribution in [2.24, 2.45) is 0 Å². The van der Waals surface area contributed by atoms with Crippen LogP contribution in [-0.4, -0.2) is 14.8 Å². The summed E-state index contributed by atoms with van der Waals surface area (Å²) in [5.74, 6) is 1.13. The molecule has 1 N–H and O–H groups in total. The molecule has 1 aromatic heterocycles. The van der Waals surface area contributed by atoms with Crippen LogP contribution in [0.4, 0.5) is 0 Å². The molecule has 0 spiro atoms. The molecule has 17 heavy (non-hydrogen) atoms. The van der Waals surface area contributed by atoms with E-state index >= 15 is 0 Å². The van der Waals surface area contributed by atoms with Gasteiger partial charge in [-0.15, -0.1) is 0 Å². The van der Waals surface area contributed by atoms with E-state index in [0.717, 1.165) is 11.5 Å². The van der Waals surface area contributed by atoms with E-state index in [4.69, 9.17) is 35.4 Å². The zero-order valence-electron chi connectivity index (χ0n) is 9.37. The summed E-state index contributed by atoms with van der Waals surface area (Å²) in [5, 5.41) is 8.03. The van der Waals surface area contributed by atoms with Crippen LogP contribution in [0.3, 0.4) is 0 Å². The average Bonchev–Trinajstić information content (AvgIpc) is 2.64. The van der Waals surface area contributed by atoms with Gasteiger partial charge in [0.2, 0.25) is 0 Å². The van der Waals surface area contributed by atoms with Gasteiger partial charge in [-0.2, -0.15) is 5.10 Å². The fraction of sp³-hybridized carbons (Fsp3) is 0.273. The van der Waals surface area contributed by atoms with Crippen molar-refractivity contribution in [1.29, 1.82) is 0 Å². The third kappa shape index (κ3) is 2.39. The van der Waals surface area contributed by atoms with Crippen LogP contribution in [0.1, 0.15) is 25.6 Å². The maximum atomic E-state index is 6.01. The number of H-pyrrole nitrogens is 1. The summed E-state index contributed by atoms with van der Waals surface area (Å²) in [7, 11) is 0. The molecule has 1 aromatic carbocycles. The predicted octanol–water partition coefficient (Wildman–Crippen LogP) is 4.36. The molecule has 6 heteroatoms. The van der Waals surface area contributed by atoms with Gasteiger partial charge in [0.05, 0.1) is 15.7 Å². The first-order valence-electron chi connectivity index (χ1n) is 5.13. The molecule has 2 rings (SSSR count). The van der Waals surface area contributed by atoms with Crippen LogP contribution < -0.4 is 0 Å². The molecule has 0 fully saturated rings. The SMILES string of the molecule is CC(C)c1n[nH]c(=S)n1-c1ccc(Cl)c(Cl)c1. The Morgan fingerprint density at radius 1 is 1.29 bits per heavy atom. The Labute approximate surface area is 114 Å². The summed E-state index contributed by atoms with van der Waals surface area (Å²) < 4.78 is 2.41. The molecule has 90 valence electrons. The van der Waals surface area contributed by atoms with Gasteiger partial charge in [0.15, 0.2) is 4.77 Å². The lowest BCUT2D eigenvalue weighted by molar-refractivity contribution is 0.744. The first-order chi connectivity index (χ1) is 8.00. The number of benzene rings is 1. The Balaban J connectivity index is 2.63.